The van der Waals surface area contributed by atoms with Crippen molar-refractivity contribution in [2.24, 2.45) is 17.6 Å². The van der Waals surface area contributed by atoms with Crippen LogP contribution in [0.3, 0.4) is 0 Å². The fraction of sp³-hybridized carbons (Fsp3) is 1.00. The fourth-order valence-corrected chi connectivity index (χ4v) is 2.33. The van der Waals surface area contributed by atoms with E-state index in [2.05, 4.69) is 19.6 Å². The molecule has 1 nitrogen and oxygen atoms in total. The Morgan fingerprint density at radius 1 is 0.800 bits per heavy atom. The topological polar surface area (TPSA) is 26.0 Å². The zero-order valence-corrected chi connectivity index (χ0v) is 11.1. The van der Waals surface area contributed by atoms with Crippen molar-refractivity contribution in [3.8, 4) is 0 Å². The molecule has 0 aromatic carbocycles. The van der Waals surface area contributed by atoms with Crippen molar-refractivity contribution in [3.05, 3.63) is 0 Å². The number of hydrogen-bond donors (Lipinski definition) is 1. The summed E-state index contributed by atoms with van der Waals surface area (Å²) in [4.78, 5) is 0. The van der Waals surface area contributed by atoms with Crippen molar-refractivity contribution in [1.29, 1.82) is 0 Å². The summed E-state index contributed by atoms with van der Waals surface area (Å²) >= 11 is 0. The molecule has 1 aliphatic carbocycles. The van der Waals surface area contributed by atoms with Gasteiger partial charge in [0.05, 0.1) is 0 Å². The molecule has 0 heterocycles. The van der Waals surface area contributed by atoms with Crippen LogP contribution in [0.5, 0.6) is 0 Å². The Kier molecular flexibility index (Phi) is 10.4. The van der Waals surface area contributed by atoms with Gasteiger partial charge in [-0.3, -0.25) is 0 Å². The van der Waals surface area contributed by atoms with Crippen molar-refractivity contribution in [3.63, 3.8) is 0 Å². The SMILES string of the molecule is CCCCCC1CC1CCCCC.CN. The number of rotatable bonds is 8. The summed E-state index contributed by atoms with van der Waals surface area (Å²) in [6, 6.07) is 0. The fourth-order valence-electron chi connectivity index (χ4n) is 2.33. The lowest BCUT2D eigenvalue weighted by molar-refractivity contribution is 0.540. The molecule has 2 N–H and O–H groups in total. The minimum atomic E-state index is 1.14. The Morgan fingerprint density at radius 2 is 1.20 bits per heavy atom. The molecule has 15 heavy (non-hydrogen) atoms. The van der Waals surface area contributed by atoms with Gasteiger partial charge in [0.1, 0.15) is 0 Å². The first-order valence-corrected chi connectivity index (χ1v) is 6.96. The monoisotopic (exact) mass is 213 g/mol. The van der Waals surface area contributed by atoms with Crippen molar-refractivity contribution in [2.75, 3.05) is 7.05 Å². The molecule has 1 rings (SSSR count). The molecule has 0 amide bonds. The Bertz CT molecular complexity index is 109. The van der Waals surface area contributed by atoms with Crippen LogP contribution in [-0.4, -0.2) is 7.05 Å². The molecule has 2 atom stereocenters. The molecule has 0 aromatic rings. The van der Waals surface area contributed by atoms with Crippen LogP contribution in [0.25, 0.3) is 0 Å². The predicted octanol–water partition coefficient (Wildman–Crippen LogP) is 4.36. The van der Waals surface area contributed by atoms with Crippen molar-refractivity contribution in [2.45, 2.75) is 71.6 Å². The largest absolute Gasteiger partial charge is 0.333 e. The maximum Gasteiger partial charge on any atom is -0.0195 e. The van der Waals surface area contributed by atoms with Crippen molar-refractivity contribution < 1.29 is 0 Å². The molecule has 0 saturated heterocycles. The Hall–Kier alpha value is -0.0400. The van der Waals surface area contributed by atoms with Gasteiger partial charge in [0.25, 0.3) is 0 Å². The van der Waals surface area contributed by atoms with E-state index in [-0.39, 0.29) is 0 Å². The van der Waals surface area contributed by atoms with E-state index in [1.54, 1.807) is 6.42 Å². The lowest BCUT2D eigenvalue weighted by atomic mass is 10.1. The van der Waals surface area contributed by atoms with Gasteiger partial charge in [-0.05, 0) is 25.3 Å². The molecular formula is C14H31N. The first-order chi connectivity index (χ1) is 7.38. The summed E-state index contributed by atoms with van der Waals surface area (Å²) in [5.41, 5.74) is 4.50. The zero-order chi connectivity index (χ0) is 11.5. The van der Waals surface area contributed by atoms with E-state index in [1.165, 1.54) is 58.4 Å². The first-order valence-electron chi connectivity index (χ1n) is 6.96. The summed E-state index contributed by atoms with van der Waals surface area (Å²) < 4.78 is 0. The lowest BCUT2D eigenvalue weighted by Crippen LogP contribution is -1.85. The minimum Gasteiger partial charge on any atom is -0.333 e. The number of unbranched alkanes of at least 4 members (excludes halogenated alkanes) is 4. The van der Waals surface area contributed by atoms with E-state index in [1.807, 2.05) is 0 Å². The summed E-state index contributed by atoms with van der Waals surface area (Å²) in [6.45, 7) is 4.59. The smallest absolute Gasteiger partial charge is 0.0195 e. The van der Waals surface area contributed by atoms with Gasteiger partial charge in [0, 0.05) is 0 Å². The molecule has 0 radical (unpaired) electrons. The third kappa shape index (κ3) is 7.84. The zero-order valence-electron chi connectivity index (χ0n) is 11.1. The standard InChI is InChI=1S/C13H26.CH5N/c1-3-5-7-9-12-11-13(12)10-8-6-4-2;1-2/h12-13H,3-11H2,1-2H3;2H2,1H3. The Labute approximate surface area is 96.8 Å². The molecule has 0 bridgehead atoms. The highest BCUT2D eigenvalue weighted by Gasteiger charge is 2.34. The second kappa shape index (κ2) is 10.5. The summed E-state index contributed by atoms with van der Waals surface area (Å²) in [5.74, 6) is 2.28. The van der Waals surface area contributed by atoms with Crippen LogP contribution >= 0.6 is 0 Å². The van der Waals surface area contributed by atoms with E-state index >= 15 is 0 Å². The molecular weight excluding hydrogens is 182 g/mol. The van der Waals surface area contributed by atoms with E-state index in [9.17, 15) is 0 Å². The van der Waals surface area contributed by atoms with Gasteiger partial charge >= 0.3 is 0 Å². The molecule has 1 fully saturated rings. The second-order valence-corrected chi connectivity index (χ2v) is 4.75. The maximum absolute atomic E-state index is 4.50. The molecule has 0 aromatic heterocycles. The van der Waals surface area contributed by atoms with E-state index in [4.69, 9.17) is 0 Å². The van der Waals surface area contributed by atoms with Crippen LogP contribution in [0.4, 0.5) is 0 Å². The van der Waals surface area contributed by atoms with E-state index < -0.39 is 0 Å². The van der Waals surface area contributed by atoms with Crippen molar-refractivity contribution >= 4 is 0 Å². The van der Waals surface area contributed by atoms with Crippen LogP contribution in [0, 0.1) is 11.8 Å². The van der Waals surface area contributed by atoms with Crippen LogP contribution in [-0.2, 0) is 0 Å². The average Bonchev–Trinajstić information content (AvgIpc) is 3.01. The molecule has 92 valence electrons. The molecule has 2 unspecified atom stereocenters. The van der Waals surface area contributed by atoms with Crippen LogP contribution in [0.1, 0.15) is 71.6 Å². The summed E-state index contributed by atoms with van der Waals surface area (Å²) in [6.07, 6.45) is 13.3. The Balaban J connectivity index is 0.000000921. The van der Waals surface area contributed by atoms with Crippen LogP contribution < -0.4 is 5.73 Å². The predicted molar refractivity (Wildman–Crippen MR) is 70.0 cm³/mol. The van der Waals surface area contributed by atoms with Gasteiger partial charge in [0.2, 0.25) is 0 Å². The van der Waals surface area contributed by atoms with Gasteiger partial charge in [-0.2, -0.15) is 0 Å². The average molecular weight is 213 g/mol. The minimum absolute atomic E-state index is 1.14. The van der Waals surface area contributed by atoms with Gasteiger partial charge < -0.3 is 5.73 Å². The molecule has 1 aliphatic rings. The van der Waals surface area contributed by atoms with Gasteiger partial charge in [-0.15, -0.1) is 0 Å². The highest BCUT2D eigenvalue weighted by Crippen LogP contribution is 2.45. The quantitative estimate of drug-likeness (QED) is 0.596. The Morgan fingerprint density at radius 3 is 1.53 bits per heavy atom. The van der Waals surface area contributed by atoms with E-state index in [0.717, 1.165) is 11.8 Å². The maximum atomic E-state index is 4.50. The molecule has 0 aliphatic heterocycles. The van der Waals surface area contributed by atoms with Gasteiger partial charge in [-0.1, -0.05) is 65.2 Å². The molecule has 1 saturated carbocycles. The highest BCUT2D eigenvalue weighted by molar-refractivity contribution is 4.85. The third-order valence-corrected chi connectivity index (χ3v) is 3.43. The molecule has 1 heteroatoms. The summed E-state index contributed by atoms with van der Waals surface area (Å²) in [5, 5.41) is 0. The highest BCUT2D eigenvalue weighted by atomic mass is 14.4. The van der Waals surface area contributed by atoms with Crippen molar-refractivity contribution in [1.82, 2.24) is 0 Å². The van der Waals surface area contributed by atoms with Crippen LogP contribution in [0.15, 0.2) is 0 Å². The van der Waals surface area contributed by atoms with Gasteiger partial charge in [0.15, 0.2) is 0 Å². The normalized spacial score (nSPS) is 23.2. The second-order valence-electron chi connectivity index (χ2n) is 4.75. The lowest BCUT2D eigenvalue weighted by Gasteiger charge is -1.99. The molecule has 0 spiro atoms. The van der Waals surface area contributed by atoms with Crippen LogP contribution in [0.2, 0.25) is 0 Å². The third-order valence-electron chi connectivity index (χ3n) is 3.43. The summed E-state index contributed by atoms with van der Waals surface area (Å²) in [7, 11) is 1.50. The van der Waals surface area contributed by atoms with Gasteiger partial charge in [-0.25, -0.2) is 0 Å². The number of nitrogens with two attached hydrogens (primary N) is 1. The first kappa shape index (κ1) is 15.0. The number of hydrogen-bond acceptors (Lipinski definition) is 1. The van der Waals surface area contributed by atoms with E-state index in [0.29, 0.717) is 0 Å².